The number of rotatable bonds is 70. The van der Waals surface area contributed by atoms with Crippen molar-refractivity contribution in [3.05, 3.63) is 24.3 Å². The minimum Gasteiger partial charge on any atom is -0.462 e. The van der Waals surface area contributed by atoms with Gasteiger partial charge in [0.15, 0.2) is 12.2 Å². The van der Waals surface area contributed by atoms with E-state index in [1.807, 2.05) is 0 Å². The Balaban J connectivity index is 5.26. The molecule has 19 heteroatoms. The molecular weight excluding hydrogens is 1220 g/mol. The molecule has 6 atom stereocenters. The molecule has 0 saturated carbocycles. The van der Waals surface area contributed by atoms with Crippen LogP contribution >= 0.6 is 15.6 Å². The van der Waals surface area contributed by atoms with Gasteiger partial charge in [-0.2, -0.15) is 0 Å². The van der Waals surface area contributed by atoms with Crippen LogP contribution in [-0.2, 0) is 65.4 Å². The van der Waals surface area contributed by atoms with Crippen molar-refractivity contribution in [2.24, 2.45) is 17.8 Å². The van der Waals surface area contributed by atoms with Crippen molar-refractivity contribution in [3.63, 3.8) is 0 Å². The second-order valence-corrected chi connectivity index (χ2v) is 30.1. The Morgan fingerprint density at radius 1 is 0.355 bits per heavy atom. The smallest absolute Gasteiger partial charge is 0.462 e. The van der Waals surface area contributed by atoms with Crippen molar-refractivity contribution in [1.82, 2.24) is 0 Å². The normalized spacial score (nSPS) is 14.6. The largest absolute Gasteiger partial charge is 0.472 e. The summed E-state index contributed by atoms with van der Waals surface area (Å²) in [5.41, 5.74) is 0. The van der Waals surface area contributed by atoms with Crippen LogP contribution in [0.1, 0.15) is 350 Å². The van der Waals surface area contributed by atoms with E-state index in [0.29, 0.717) is 31.6 Å². The van der Waals surface area contributed by atoms with Gasteiger partial charge in [0, 0.05) is 25.7 Å². The summed E-state index contributed by atoms with van der Waals surface area (Å²) < 4.78 is 68.4. The van der Waals surface area contributed by atoms with Crippen LogP contribution in [0.4, 0.5) is 0 Å². The fraction of sp³-hybridized carbons (Fsp3) is 0.892. The predicted molar refractivity (Wildman–Crippen MR) is 377 cm³/mol. The van der Waals surface area contributed by atoms with Gasteiger partial charge in [-0.3, -0.25) is 37.3 Å². The molecule has 93 heavy (non-hydrogen) atoms. The number of aliphatic hydroxyl groups is 1. The number of carbonyl (C=O) groups is 4. The second kappa shape index (κ2) is 64.2. The number of hydrogen-bond donors (Lipinski definition) is 3. The summed E-state index contributed by atoms with van der Waals surface area (Å²) in [5, 5.41) is 10.6. The fourth-order valence-corrected chi connectivity index (χ4v) is 12.3. The first-order valence-electron chi connectivity index (χ1n) is 37.7. The van der Waals surface area contributed by atoms with Gasteiger partial charge in [0.05, 0.1) is 26.4 Å². The molecular formula is C74H140O17P2. The van der Waals surface area contributed by atoms with Gasteiger partial charge in [-0.25, -0.2) is 9.13 Å². The lowest BCUT2D eigenvalue weighted by Gasteiger charge is -2.21. The molecule has 0 aromatic heterocycles. The molecule has 0 bridgehead atoms. The molecule has 0 saturated heterocycles. The third-order valence-electron chi connectivity index (χ3n) is 16.9. The standard InChI is InChI=1S/C74H140O17P2/c1-8-10-11-12-13-14-15-16-18-22-25-28-33-43-50-58-74(79)91-70(62-85-72(77)56-49-42-37-36-40-47-54-67(7)9-2)64-89-93(82,83)87-60-68(75)59-86-92(80,81)88-63-69(61-84-71(76)55-48-41-35-30-32-39-46-53-66(5)6)90-73(78)57-51-44-34-29-26-23-20-17-19-21-24-27-31-38-45-52-65(3)4/h14-16,18,65-70,75H,8-13,17,19-64H2,1-7H3,(H,80,81)(H,82,83)/b15-14-,18-16-/t67?,68-,69-,70-/m1/s1. The quantitative estimate of drug-likeness (QED) is 0.0169. The van der Waals surface area contributed by atoms with Gasteiger partial charge in [-0.15, -0.1) is 0 Å². The van der Waals surface area contributed by atoms with E-state index >= 15 is 0 Å². The second-order valence-electron chi connectivity index (χ2n) is 27.2. The lowest BCUT2D eigenvalue weighted by Crippen LogP contribution is -2.30. The van der Waals surface area contributed by atoms with Crippen LogP contribution in [0.25, 0.3) is 0 Å². The number of unbranched alkanes of at least 4 members (excludes halogenated alkanes) is 34. The highest BCUT2D eigenvalue weighted by molar-refractivity contribution is 7.47. The average molecular weight is 1360 g/mol. The minimum atomic E-state index is -4.96. The zero-order chi connectivity index (χ0) is 68.7. The fourth-order valence-electron chi connectivity index (χ4n) is 10.7. The van der Waals surface area contributed by atoms with Gasteiger partial charge in [-0.05, 0) is 69.1 Å². The molecule has 17 nitrogen and oxygen atoms in total. The van der Waals surface area contributed by atoms with Gasteiger partial charge in [0.2, 0.25) is 0 Å². The molecule has 0 aromatic rings. The zero-order valence-electron chi connectivity index (χ0n) is 60.2. The van der Waals surface area contributed by atoms with Crippen LogP contribution in [-0.4, -0.2) is 96.7 Å². The van der Waals surface area contributed by atoms with Crippen molar-refractivity contribution in [2.75, 3.05) is 39.6 Å². The van der Waals surface area contributed by atoms with E-state index < -0.39 is 97.5 Å². The number of phosphoric acid groups is 2. The molecule has 3 unspecified atom stereocenters. The molecule has 3 N–H and O–H groups in total. The summed E-state index contributed by atoms with van der Waals surface area (Å²) in [5.74, 6) is 0.0780. The minimum absolute atomic E-state index is 0.0837. The molecule has 0 aliphatic rings. The van der Waals surface area contributed by atoms with Gasteiger partial charge in [0.1, 0.15) is 19.3 Å². The third-order valence-corrected chi connectivity index (χ3v) is 18.8. The van der Waals surface area contributed by atoms with Crippen molar-refractivity contribution in [3.8, 4) is 0 Å². The Morgan fingerprint density at radius 2 is 0.634 bits per heavy atom. The highest BCUT2D eigenvalue weighted by Crippen LogP contribution is 2.45. The van der Waals surface area contributed by atoms with Crippen LogP contribution in [0.5, 0.6) is 0 Å². The number of carbonyl (C=O) groups excluding carboxylic acids is 4. The highest BCUT2D eigenvalue weighted by atomic mass is 31.2. The Morgan fingerprint density at radius 3 is 0.957 bits per heavy atom. The van der Waals surface area contributed by atoms with Crippen molar-refractivity contribution in [1.29, 1.82) is 0 Å². The molecule has 0 rings (SSSR count). The summed E-state index contributed by atoms with van der Waals surface area (Å²) in [7, 11) is -9.92. The van der Waals surface area contributed by atoms with Gasteiger partial charge >= 0.3 is 39.5 Å². The van der Waals surface area contributed by atoms with Gasteiger partial charge in [-0.1, -0.05) is 297 Å². The molecule has 0 amide bonds. The topological polar surface area (TPSA) is 237 Å². The number of aliphatic hydroxyl groups excluding tert-OH is 1. The number of phosphoric ester groups is 2. The van der Waals surface area contributed by atoms with Gasteiger partial charge < -0.3 is 33.8 Å². The molecule has 0 radical (unpaired) electrons. The van der Waals surface area contributed by atoms with E-state index in [1.165, 1.54) is 135 Å². The molecule has 0 heterocycles. The Labute approximate surface area is 567 Å². The molecule has 0 aliphatic carbocycles. The average Bonchev–Trinajstić information content (AvgIpc) is 3.03. The van der Waals surface area contributed by atoms with E-state index in [0.717, 1.165) is 127 Å². The summed E-state index contributed by atoms with van der Waals surface area (Å²) in [6, 6.07) is 0. The summed E-state index contributed by atoms with van der Waals surface area (Å²) in [4.78, 5) is 72.6. The highest BCUT2D eigenvalue weighted by Gasteiger charge is 2.30. The number of allylic oxidation sites excluding steroid dienone is 4. The summed E-state index contributed by atoms with van der Waals surface area (Å²) >= 11 is 0. The van der Waals surface area contributed by atoms with E-state index in [9.17, 15) is 43.2 Å². The predicted octanol–water partition coefficient (Wildman–Crippen LogP) is 21.0. The Kier molecular flexibility index (Phi) is 62.5. The lowest BCUT2D eigenvalue weighted by molar-refractivity contribution is -0.161. The number of hydrogen-bond acceptors (Lipinski definition) is 15. The van der Waals surface area contributed by atoms with Crippen LogP contribution in [0, 0.1) is 17.8 Å². The first-order chi connectivity index (χ1) is 44.8. The third kappa shape index (κ3) is 66.6. The maximum atomic E-state index is 13.0. The summed E-state index contributed by atoms with van der Waals surface area (Å²) in [6.45, 7) is 11.7. The molecule has 0 aliphatic heterocycles. The van der Waals surface area contributed by atoms with Crippen LogP contribution in [0.3, 0.4) is 0 Å². The van der Waals surface area contributed by atoms with E-state index in [2.05, 4.69) is 72.8 Å². The van der Waals surface area contributed by atoms with Crippen molar-refractivity contribution >= 4 is 39.5 Å². The van der Waals surface area contributed by atoms with E-state index in [4.69, 9.17) is 37.0 Å². The zero-order valence-corrected chi connectivity index (χ0v) is 62.0. The number of ether oxygens (including phenoxy) is 4. The monoisotopic (exact) mass is 1360 g/mol. The van der Waals surface area contributed by atoms with Crippen molar-refractivity contribution < 1.29 is 80.2 Å². The van der Waals surface area contributed by atoms with Gasteiger partial charge in [0.25, 0.3) is 0 Å². The van der Waals surface area contributed by atoms with Crippen molar-refractivity contribution in [2.45, 2.75) is 369 Å². The van der Waals surface area contributed by atoms with Crippen LogP contribution in [0.2, 0.25) is 0 Å². The maximum Gasteiger partial charge on any atom is 0.472 e. The van der Waals surface area contributed by atoms with E-state index in [1.54, 1.807) is 0 Å². The van der Waals surface area contributed by atoms with E-state index in [-0.39, 0.29) is 25.7 Å². The lowest BCUT2D eigenvalue weighted by atomic mass is 10.00. The SMILES string of the molecule is CCCCCC/C=C\C=C/CCCCCCCC(=O)O[C@H](COC(=O)CCCCCCCCC(C)CC)COP(=O)(O)OC[C@H](O)COP(=O)(O)OC[C@@H](COC(=O)CCCCCCCCCC(C)C)OC(=O)CCCCCCCCCCCCCCCCCC(C)C. The van der Waals surface area contributed by atoms with Crippen LogP contribution < -0.4 is 0 Å². The molecule has 548 valence electrons. The first kappa shape index (κ1) is 90.5. The Bertz CT molecular complexity index is 1910. The first-order valence-corrected chi connectivity index (χ1v) is 40.7. The Hall–Kier alpha value is -2.46. The molecule has 0 fully saturated rings. The number of esters is 4. The maximum absolute atomic E-state index is 13.0. The molecule has 0 spiro atoms. The molecule has 0 aromatic carbocycles. The summed E-state index contributed by atoms with van der Waals surface area (Å²) in [6.07, 6.45) is 52.3. The van der Waals surface area contributed by atoms with Crippen LogP contribution in [0.15, 0.2) is 24.3 Å².